The molecule has 3 nitrogen and oxygen atoms in total. The van der Waals surface area contributed by atoms with Gasteiger partial charge in [-0.25, -0.2) is 0 Å². The van der Waals surface area contributed by atoms with Crippen molar-refractivity contribution in [3.05, 3.63) is 21.4 Å². The molecule has 0 saturated carbocycles. The van der Waals surface area contributed by atoms with Gasteiger partial charge in [0, 0.05) is 21.4 Å². The molecule has 0 radical (unpaired) electrons. The first kappa shape index (κ1) is 12.6. The van der Waals surface area contributed by atoms with Crippen LogP contribution in [0.2, 0.25) is 0 Å². The van der Waals surface area contributed by atoms with Gasteiger partial charge < -0.3 is 5.43 Å². The van der Waals surface area contributed by atoms with E-state index in [2.05, 4.69) is 47.3 Å². The molecule has 14 heavy (non-hydrogen) atoms. The van der Waals surface area contributed by atoms with Gasteiger partial charge in [0.1, 0.15) is 0 Å². The van der Waals surface area contributed by atoms with Crippen molar-refractivity contribution in [2.45, 2.75) is 0 Å². The topological polar surface area (TPSA) is 27.6 Å². The second-order valence-electron chi connectivity index (χ2n) is 2.55. The van der Waals surface area contributed by atoms with Crippen molar-refractivity contribution in [2.24, 2.45) is 5.10 Å². The van der Waals surface area contributed by atoms with Gasteiger partial charge in [0.05, 0.1) is 12.2 Å². The van der Waals surface area contributed by atoms with Crippen molar-refractivity contribution in [3.63, 3.8) is 0 Å². The van der Waals surface area contributed by atoms with Gasteiger partial charge in [0.25, 0.3) is 0 Å². The van der Waals surface area contributed by atoms with Gasteiger partial charge in [0.2, 0.25) is 0 Å². The number of rotatable bonds is 0. The monoisotopic (exact) mass is 403 g/mol. The van der Waals surface area contributed by atoms with E-state index in [1.54, 1.807) is 11.8 Å². The third-order valence-electron chi connectivity index (χ3n) is 1.80. The molecular formula is C7H8Br3N3S. The smallest absolute Gasteiger partial charge is 0.191 e. The summed E-state index contributed by atoms with van der Waals surface area (Å²) in [6.07, 6.45) is 0. The molecule has 0 atom stereocenters. The van der Waals surface area contributed by atoms with E-state index in [-0.39, 0.29) is 17.0 Å². The zero-order chi connectivity index (χ0) is 9.26. The lowest BCUT2D eigenvalue weighted by Gasteiger charge is -2.25. The van der Waals surface area contributed by atoms with E-state index in [0.717, 1.165) is 17.5 Å². The number of hydrogen-bond acceptors (Lipinski definition) is 4. The normalized spacial score (nSPS) is 25.6. The lowest BCUT2D eigenvalue weighted by atomic mass is 10.3. The summed E-state index contributed by atoms with van der Waals surface area (Å²) in [6.45, 7) is 0.764. The molecule has 0 spiro atoms. The fraction of sp³-hybridized carbons (Fsp3) is 0.286. The minimum atomic E-state index is 0. The van der Waals surface area contributed by atoms with E-state index in [1.807, 2.05) is 9.97 Å². The summed E-state index contributed by atoms with van der Waals surface area (Å²) in [6, 6.07) is 0. The average molecular weight is 406 g/mol. The quantitative estimate of drug-likeness (QED) is 0.671. The number of halogens is 3. The Bertz CT molecular complexity index is 313. The number of nitrogens with one attached hydrogen (secondary N) is 1. The van der Waals surface area contributed by atoms with Gasteiger partial charge in [-0.15, -0.1) is 17.0 Å². The molecule has 0 amide bonds. The molecule has 0 aromatic rings. The highest BCUT2D eigenvalue weighted by molar-refractivity contribution is 9.11. The highest BCUT2D eigenvalue weighted by atomic mass is 79.9. The molecule has 78 valence electrons. The highest BCUT2D eigenvalue weighted by Crippen LogP contribution is 2.33. The number of amidine groups is 1. The van der Waals surface area contributed by atoms with Crippen molar-refractivity contribution in [3.8, 4) is 0 Å². The minimum absolute atomic E-state index is 0. The lowest BCUT2D eigenvalue weighted by molar-refractivity contribution is 0.566. The number of fused-ring (bicyclic) bond motifs is 1. The van der Waals surface area contributed by atoms with Crippen LogP contribution in [0.1, 0.15) is 0 Å². The van der Waals surface area contributed by atoms with Gasteiger partial charge in [-0.3, -0.25) is 4.90 Å². The lowest BCUT2D eigenvalue weighted by Crippen LogP contribution is -2.34. The van der Waals surface area contributed by atoms with Crippen molar-refractivity contribution < 1.29 is 0 Å². The fourth-order valence-corrected chi connectivity index (χ4v) is 3.14. The summed E-state index contributed by atoms with van der Waals surface area (Å²) in [5.41, 5.74) is 5.40. The Labute approximate surface area is 114 Å². The largest absolute Gasteiger partial charge is 0.302 e. The van der Waals surface area contributed by atoms with Crippen LogP contribution in [-0.2, 0) is 0 Å². The second-order valence-corrected chi connectivity index (χ2v) is 4.41. The summed E-state index contributed by atoms with van der Waals surface area (Å²) in [4.78, 5) is 6.02. The fourth-order valence-electron chi connectivity index (χ4n) is 1.21. The van der Waals surface area contributed by atoms with E-state index in [4.69, 9.17) is 0 Å². The zero-order valence-electron chi connectivity index (χ0n) is 7.04. The molecular weight excluding hydrogens is 398 g/mol. The molecule has 0 aromatic heterocycles. The van der Waals surface area contributed by atoms with Crippen LogP contribution in [0.5, 0.6) is 0 Å². The van der Waals surface area contributed by atoms with Crippen LogP contribution in [0, 0.1) is 0 Å². The second kappa shape index (κ2) is 5.58. The number of hydrogen-bond donors (Lipinski definition) is 1. The molecule has 2 heterocycles. The van der Waals surface area contributed by atoms with Crippen LogP contribution in [0.25, 0.3) is 0 Å². The summed E-state index contributed by atoms with van der Waals surface area (Å²) in [5, 5.41) is 5.24. The number of thioether (sulfide) groups is 1. The van der Waals surface area contributed by atoms with E-state index in [9.17, 15) is 0 Å². The van der Waals surface area contributed by atoms with Gasteiger partial charge in [-0.05, 0) is 0 Å². The van der Waals surface area contributed by atoms with Crippen molar-refractivity contribution in [1.29, 1.82) is 0 Å². The van der Waals surface area contributed by atoms with Crippen LogP contribution in [-0.4, -0.2) is 22.4 Å². The van der Waals surface area contributed by atoms with Gasteiger partial charge in [0.15, 0.2) is 5.17 Å². The molecule has 7 heteroatoms. The molecule has 0 bridgehead atoms. The molecule has 0 aliphatic carbocycles. The van der Waals surface area contributed by atoms with Crippen LogP contribution >= 0.6 is 60.6 Å². The Morgan fingerprint density at radius 1 is 1.36 bits per heavy atom. The zero-order valence-corrected chi connectivity index (χ0v) is 12.7. The SMILES string of the molecule is Br.BrC=C1CNN=C2SCC(=CBr)N12. The Morgan fingerprint density at radius 2 is 2.07 bits per heavy atom. The first-order valence-electron chi connectivity index (χ1n) is 3.69. The maximum absolute atomic E-state index is 4.22. The first-order valence-corrected chi connectivity index (χ1v) is 6.50. The molecule has 2 rings (SSSR count). The molecule has 1 fully saturated rings. The van der Waals surface area contributed by atoms with Crippen LogP contribution < -0.4 is 5.43 Å². The Morgan fingerprint density at radius 3 is 2.71 bits per heavy atom. The van der Waals surface area contributed by atoms with Gasteiger partial charge >= 0.3 is 0 Å². The molecule has 2 aliphatic rings. The molecule has 1 N–H and O–H groups in total. The minimum Gasteiger partial charge on any atom is -0.302 e. The van der Waals surface area contributed by atoms with Crippen molar-refractivity contribution in [2.75, 3.05) is 12.3 Å². The molecule has 1 saturated heterocycles. The third kappa shape index (κ3) is 2.20. The Hall–Kier alpha value is 0.540. The van der Waals surface area contributed by atoms with Gasteiger partial charge in [-0.2, -0.15) is 5.10 Å². The molecule has 2 aliphatic heterocycles. The summed E-state index contributed by atoms with van der Waals surface area (Å²) >= 11 is 8.45. The van der Waals surface area contributed by atoms with E-state index in [1.165, 1.54) is 11.4 Å². The Balaban J connectivity index is 0.000000980. The van der Waals surface area contributed by atoms with E-state index >= 15 is 0 Å². The molecule has 0 unspecified atom stereocenters. The number of hydrazone groups is 1. The maximum Gasteiger partial charge on any atom is 0.191 e. The average Bonchev–Trinajstić information content (AvgIpc) is 2.60. The van der Waals surface area contributed by atoms with E-state index in [0.29, 0.717) is 0 Å². The van der Waals surface area contributed by atoms with Crippen molar-refractivity contribution in [1.82, 2.24) is 10.3 Å². The summed E-state index contributed by atoms with van der Waals surface area (Å²) < 4.78 is 0. The number of nitrogens with zero attached hydrogens (tertiary/aromatic N) is 2. The van der Waals surface area contributed by atoms with E-state index < -0.39 is 0 Å². The van der Waals surface area contributed by atoms with Crippen LogP contribution in [0.4, 0.5) is 0 Å². The first-order chi connectivity index (χ1) is 6.36. The van der Waals surface area contributed by atoms with Crippen LogP contribution in [0.3, 0.4) is 0 Å². The third-order valence-corrected chi connectivity index (χ3v) is 3.83. The van der Waals surface area contributed by atoms with Crippen molar-refractivity contribution >= 4 is 65.8 Å². The maximum atomic E-state index is 4.22. The van der Waals surface area contributed by atoms with Crippen LogP contribution in [0.15, 0.2) is 26.5 Å². The predicted molar refractivity (Wildman–Crippen MR) is 74.1 cm³/mol. The van der Waals surface area contributed by atoms with Gasteiger partial charge in [-0.1, -0.05) is 43.6 Å². The highest BCUT2D eigenvalue weighted by Gasteiger charge is 2.29. The summed E-state index contributed by atoms with van der Waals surface area (Å²) in [7, 11) is 0. The summed E-state index contributed by atoms with van der Waals surface area (Å²) in [5.74, 6) is 0.968. The molecule has 0 aromatic carbocycles. The Kier molecular flexibility index (Phi) is 5.02. The predicted octanol–water partition coefficient (Wildman–Crippen LogP) is 2.96. The standard InChI is InChI=1S/C7H7Br2N3S.BrH/c8-1-5-3-10-11-7-12(5)6(2-9)4-13-7;/h1-2,10H,3-4H2;1H.